The van der Waals surface area contributed by atoms with Crippen molar-refractivity contribution < 1.29 is 14.3 Å². The van der Waals surface area contributed by atoms with Crippen molar-refractivity contribution >= 4 is 33.2 Å². The molecule has 1 N–H and O–H groups in total. The fourth-order valence-corrected chi connectivity index (χ4v) is 3.97. The Labute approximate surface area is 156 Å². The second-order valence-electron chi connectivity index (χ2n) is 6.04. The maximum absolute atomic E-state index is 12.5. The van der Waals surface area contributed by atoms with E-state index in [4.69, 9.17) is 9.47 Å². The van der Waals surface area contributed by atoms with Crippen LogP contribution in [0.4, 0.5) is 0 Å². The Kier molecular flexibility index (Phi) is 3.58. The molecule has 134 valence electrons. The van der Waals surface area contributed by atoms with E-state index in [9.17, 15) is 9.59 Å². The van der Waals surface area contributed by atoms with Crippen LogP contribution in [0.5, 0.6) is 11.5 Å². The van der Waals surface area contributed by atoms with Gasteiger partial charge < -0.3 is 14.8 Å². The summed E-state index contributed by atoms with van der Waals surface area (Å²) in [5, 5.41) is 2.83. The lowest BCUT2D eigenvalue weighted by Crippen LogP contribution is -2.24. The average molecular weight is 379 g/mol. The van der Waals surface area contributed by atoms with E-state index in [1.807, 2.05) is 42.5 Å². The highest BCUT2D eigenvalue weighted by atomic mass is 32.1. The number of imidazole rings is 1. The number of nitrogens with zero attached hydrogens (tertiary/aromatic N) is 2. The smallest absolute Gasteiger partial charge is 0.261 e. The Morgan fingerprint density at radius 2 is 2.00 bits per heavy atom. The monoisotopic (exact) mass is 379 g/mol. The summed E-state index contributed by atoms with van der Waals surface area (Å²) in [6, 6.07) is 14.2. The molecule has 7 nitrogen and oxygen atoms in total. The van der Waals surface area contributed by atoms with E-state index in [-0.39, 0.29) is 18.3 Å². The van der Waals surface area contributed by atoms with Crippen LogP contribution >= 0.6 is 11.3 Å². The van der Waals surface area contributed by atoms with Gasteiger partial charge in [0.25, 0.3) is 11.5 Å². The summed E-state index contributed by atoms with van der Waals surface area (Å²) < 4.78 is 12.1. The first-order valence-corrected chi connectivity index (χ1v) is 9.09. The van der Waals surface area contributed by atoms with Crippen molar-refractivity contribution in [1.29, 1.82) is 0 Å². The van der Waals surface area contributed by atoms with Crippen LogP contribution in [0.2, 0.25) is 0 Å². The molecule has 0 bridgehead atoms. The molecule has 1 amide bonds. The number of hydrogen-bond acceptors (Lipinski definition) is 6. The molecular formula is C19H13N3O4S. The third kappa shape index (κ3) is 2.70. The lowest BCUT2D eigenvalue weighted by molar-refractivity contribution is 0.0954. The van der Waals surface area contributed by atoms with E-state index < -0.39 is 0 Å². The third-order valence-electron chi connectivity index (χ3n) is 4.32. The zero-order chi connectivity index (χ0) is 18.4. The van der Waals surface area contributed by atoms with Crippen molar-refractivity contribution in [3.05, 3.63) is 69.3 Å². The topological polar surface area (TPSA) is 81.9 Å². The van der Waals surface area contributed by atoms with Gasteiger partial charge in [-0.25, -0.2) is 4.98 Å². The predicted molar refractivity (Wildman–Crippen MR) is 101 cm³/mol. The first kappa shape index (κ1) is 15.8. The van der Waals surface area contributed by atoms with E-state index >= 15 is 0 Å². The van der Waals surface area contributed by atoms with Crippen molar-refractivity contribution in [2.45, 2.75) is 6.54 Å². The number of fused-ring (bicyclic) bond motifs is 4. The number of nitrogens with one attached hydrogen (secondary N) is 1. The number of rotatable bonds is 3. The summed E-state index contributed by atoms with van der Waals surface area (Å²) in [4.78, 5) is 30.3. The summed E-state index contributed by atoms with van der Waals surface area (Å²) in [6.45, 7) is 0.524. The van der Waals surface area contributed by atoms with Gasteiger partial charge in [-0.05, 0) is 29.8 Å². The number of ether oxygens (including phenoxy) is 2. The first-order valence-electron chi connectivity index (χ1n) is 8.27. The molecule has 1 aliphatic rings. The molecule has 4 aromatic rings. The van der Waals surface area contributed by atoms with Gasteiger partial charge >= 0.3 is 0 Å². The molecule has 3 heterocycles. The molecule has 0 saturated heterocycles. The lowest BCUT2D eigenvalue weighted by atomic mass is 10.2. The molecule has 2 aromatic heterocycles. The second-order valence-corrected chi connectivity index (χ2v) is 7.05. The quantitative estimate of drug-likeness (QED) is 0.592. The molecule has 2 aromatic carbocycles. The Bertz CT molecular complexity index is 1260. The summed E-state index contributed by atoms with van der Waals surface area (Å²) >= 11 is 1.19. The summed E-state index contributed by atoms with van der Waals surface area (Å²) in [6.07, 6.45) is 0. The molecule has 8 heteroatoms. The van der Waals surface area contributed by atoms with Crippen LogP contribution in [0, 0.1) is 0 Å². The van der Waals surface area contributed by atoms with Crippen LogP contribution in [-0.2, 0) is 6.54 Å². The Balaban J connectivity index is 1.42. The zero-order valence-electron chi connectivity index (χ0n) is 14.0. The van der Waals surface area contributed by atoms with E-state index in [1.165, 1.54) is 21.8 Å². The van der Waals surface area contributed by atoms with E-state index in [1.54, 1.807) is 0 Å². The number of amides is 1. The molecule has 0 unspecified atom stereocenters. The molecule has 1 aliphatic heterocycles. The highest BCUT2D eigenvalue weighted by molar-refractivity contribution is 7.18. The number of aromatic nitrogens is 2. The van der Waals surface area contributed by atoms with E-state index in [2.05, 4.69) is 10.3 Å². The summed E-state index contributed by atoms with van der Waals surface area (Å²) in [7, 11) is 0. The Morgan fingerprint density at radius 3 is 2.93 bits per heavy atom. The van der Waals surface area contributed by atoms with Crippen LogP contribution in [0.15, 0.2) is 53.3 Å². The maximum Gasteiger partial charge on any atom is 0.261 e. The molecule has 0 radical (unpaired) electrons. The predicted octanol–water partition coefficient (Wildman–Crippen LogP) is 2.57. The Morgan fingerprint density at radius 1 is 1.15 bits per heavy atom. The van der Waals surface area contributed by atoms with Crippen molar-refractivity contribution in [1.82, 2.24) is 14.7 Å². The fraction of sp³-hybridized carbons (Fsp3) is 0.105. The van der Waals surface area contributed by atoms with Gasteiger partial charge in [0.1, 0.15) is 4.88 Å². The van der Waals surface area contributed by atoms with Crippen molar-refractivity contribution in [3.8, 4) is 11.5 Å². The van der Waals surface area contributed by atoms with Gasteiger partial charge in [0, 0.05) is 12.6 Å². The standard InChI is InChI=1S/C19H13N3O4S/c23-17-8-16(27-19-21-12-3-1-2-4-13(12)22(17)19)18(24)20-9-11-5-6-14-15(7-11)26-10-25-14/h1-8H,9-10H2,(H,20,24). The van der Waals surface area contributed by atoms with Crippen LogP contribution < -0.4 is 20.3 Å². The van der Waals surface area contributed by atoms with Gasteiger partial charge in [0.2, 0.25) is 6.79 Å². The number of para-hydroxylation sites is 2. The minimum absolute atomic E-state index is 0.206. The number of benzene rings is 2. The average Bonchev–Trinajstić information content (AvgIpc) is 3.29. The van der Waals surface area contributed by atoms with Crippen LogP contribution in [0.1, 0.15) is 15.2 Å². The molecule has 5 rings (SSSR count). The van der Waals surface area contributed by atoms with E-state index in [0.717, 1.165) is 16.6 Å². The van der Waals surface area contributed by atoms with Gasteiger partial charge in [-0.2, -0.15) is 0 Å². The van der Waals surface area contributed by atoms with Crippen molar-refractivity contribution in [2.24, 2.45) is 0 Å². The van der Waals surface area contributed by atoms with E-state index in [0.29, 0.717) is 27.9 Å². The van der Waals surface area contributed by atoms with Gasteiger partial charge in [0.05, 0.1) is 11.0 Å². The first-order chi connectivity index (χ1) is 13.2. The lowest BCUT2D eigenvalue weighted by Gasteiger charge is -2.06. The molecular weight excluding hydrogens is 366 g/mol. The van der Waals surface area contributed by atoms with Gasteiger partial charge in [-0.1, -0.05) is 29.5 Å². The van der Waals surface area contributed by atoms with Crippen LogP contribution in [0.3, 0.4) is 0 Å². The highest BCUT2D eigenvalue weighted by Gasteiger charge is 2.16. The normalized spacial score (nSPS) is 12.6. The molecule has 0 fully saturated rings. The zero-order valence-corrected chi connectivity index (χ0v) is 14.8. The molecule has 27 heavy (non-hydrogen) atoms. The minimum Gasteiger partial charge on any atom is -0.454 e. The molecule has 0 saturated carbocycles. The van der Waals surface area contributed by atoms with Crippen LogP contribution in [-0.4, -0.2) is 22.1 Å². The van der Waals surface area contributed by atoms with Crippen molar-refractivity contribution in [2.75, 3.05) is 6.79 Å². The van der Waals surface area contributed by atoms with Gasteiger partial charge in [-0.3, -0.25) is 14.0 Å². The number of carbonyl (C=O) groups is 1. The van der Waals surface area contributed by atoms with Gasteiger partial charge in [-0.15, -0.1) is 0 Å². The molecule has 0 aliphatic carbocycles. The molecule has 0 spiro atoms. The Hall–Kier alpha value is -3.39. The number of hydrogen-bond donors (Lipinski definition) is 1. The highest BCUT2D eigenvalue weighted by Crippen LogP contribution is 2.32. The minimum atomic E-state index is -0.315. The maximum atomic E-state index is 12.5. The molecule has 0 atom stereocenters. The van der Waals surface area contributed by atoms with Crippen molar-refractivity contribution in [3.63, 3.8) is 0 Å². The van der Waals surface area contributed by atoms with Gasteiger partial charge in [0.15, 0.2) is 16.5 Å². The summed E-state index contributed by atoms with van der Waals surface area (Å²) in [5.74, 6) is 1.04. The largest absolute Gasteiger partial charge is 0.454 e. The second kappa shape index (κ2) is 6.10. The number of carbonyl (C=O) groups excluding carboxylic acids is 1. The third-order valence-corrected chi connectivity index (χ3v) is 5.30. The van der Waals surface area contributed by atoms with Crippen LogP contribution in [0.25, 0.3) is 16.0 Å². The fourth-order valence-electron chi connectivity index (χ4n) is 3.02. The SMILES string of the molecule is O=C(NCc1ccc2c(c1)OCO2)c1cc(=O)n2c(nc3ccccc32)s1. The summed E-state index contributed by atoms with van der Waals surface area (Å²) in [5.41, 5.74) is 2.07.